The van der Waals surface area contributed by atoms with Crippen molar-refractivity contribution in [1.82, 2.24) is 10.2 Å². The van der Waals surface area contributed by atoms with E-state index in [1.807, 2.05) is 30.3 Å². The lowest BCUT2D eigenvalue weighted by molar-refractivity contribution is -0.113. The smallest absolute Gasteiger partial charge is 0.277 e. The number of benzene rings is 2. The number of nitrogens with one attached hydrogen (secondary N) is 1. The van der Waals surface area contributed by atoms with Crippen LogP contribution in [-0.2, 0) is 4.79 Å². The Kier molecular flexibility index (Phi) is 4.90. The quantitative estimate of drug-likeness (QED) is 0.711. The summed E-state index contributed by atoms with van der Waals surface area (Å²) in [7, 11) is 0. The average molecular weight is 343 g/mol. The molecule has 0 spiro atoms. The number of amides is 1. The van der Waals surface area contributed by atoms with Gasteiger partial charge in [0.1, 0.15) is 5.82 Å². The number of aryl methyl sites for hydroxylation is 1. The Morgan fingerprint density at radius 1 is 1.21 bits per heavy atom. The largest absolute Gasteiger partial charge is 0.411 e. The molecule has 1 heterocycles. The van der Waals surface area contributed by atoms with Crippen molar-refractivity contribution in [3.8, 4) is 11.5 Å². The minimum absolute atomic E-state index is 0.0454. The molecule has 2 aromatic carbocycles. The first kappa shape index (κ1) is 16.2. The number of carbonyl (C=O) groups is 1. The molecule has 0 bridgehead atoms. The monoisotopic (exact) mass is 343 g/mol. The zero-order valence-electron chi connectivity index (χ0n) is 12.8. The normalized spacial score (nSPS) is 10.6. The Hall–Kier alpha value is -2.67. The van der Waals surface area contributed by atoms with Crippen LogP contribution in [0.25, 0.3) is 11.5 Å². The van der Waals surface area contributed by atoms with Crippen molar-refractivity contribution in [1.29, 1.82) is 0 Å². The van der Waals surface area contributed by atoms with Gasteiger partial charge >= 0.3 is 0 Å². The Labute approximate surface area is 142 Å². The second-order valence-corrected chi connectivity index (χ2v) is 5.99. The summed E-state index contributed by atoms with van der Waals surface area (Å²) in [5.41, 5.74) is 1.75. The second-order valence-electron chi connectivity index (χ2n) is 5.06. The van der Waals surface area contributed by atoms with Gasteiger partial charge in [-0.05, 0) is 36.8 Å². The van der Waals surface area contributed by atoms with E-state index in [1.165, 1.54) is 12.1 Å². The molecule has 0 radical (unpaired) electrons. The Morgan fingerprint density at radius 3 is 2.75 bits per heavy atom. The van der Waals surface area contributed by atoms with Gasteiger partial charge in [-0.15, -0.1) is 10.2 Å². The molecule has 24 heavy (non-hydrogen) atoms. The van der Waals surface area contributed by atoms with Crippen LogP contribution in [0.15, 0.2) is 58.2 Å². The van der Waals surface area contributed by atoms with Crippen LogP contribution in [0.2, 0.25) is 0 Å². The van der Waals surface area contributed by atoms with Crippen LogP contribution >= 0.6 is 11.8 Å². The molecule has 7 heteroatoms. The standard InChI is InChI=1S/C17H14FN3O2S/c1-11-7-8-14(13(18)9-11)19-15(22)10-24-17-21-20-16(23-17)12-5-3-2-4-6-12/h2-9H,10H2,1H3,(H,19,22). The Balaban J connectivity index is 1.58. The fourth-order valence-electron chi connectivity index (χ4n) is 2.00. The molecule has 3 rings (SSSR count). The summed E-state index contributed by atoms with van der Waals surface area (Å²) >= 11 is 1.10. The zero-order valence-corrected chi connectivity index (χ0v) is 13.6. The predicted octanol–water partition coefficient (Wildman–Crippen LogP) is 3.91. The molecule has 0 fully saturated rings. The van der Waals surface area contributed by atoms with Gasteiger partial charge in [0, 0.05) is 5.56 Å². The van der Waals surface area contributed by atoms with E-state index in [0.29, 0.717) is 5.89 Å². The lowest BCUT2D eigenvalue weighted by Gasteiger charge is -2.05. The van der Waals surface area contributed by atoms with Gasteiger partial charge in [0.15, 0.2) is 0 Å². The summed E-state index contributed by atoms with van der Waals surface area (Å²) in [6, 6.07) is 14.0. The average Bonchev–Trinajstić information content (AvgIpc) is 3.05. The molecule has 1 amide bonds. The van der Waals surface area contributed by atoms with E-state index in [0.717, 1.165) is 22.9 Å². The van der Waals surface area contributed by atoms with Crippen molar-refractivity contribution in [2.45, 2.75) is 12.1 Å². The summed E-state index contributed by atoms with van der Waals surface area (Å²) in [6.45, 7) is 1.78. The van der Waals surface area contributed by atoms with Crippen LogP contribution in [0.5, 0.6) is 0 Å². The van der Waals surface area contributed by atoms with E-state index in [2.05, 4.69) is 15.5 Å². The van der Waals surface area contributed by atoms with Crippen molar-refractivity contribution >= 4 is 23.4 Å². The predicted molar refractivity (Wildman–Crippen MR) is 90.2 cm³/mol. The van der Waals surface area contributed by atoms with Crippen molar-refractivity contribution < 1.29 is 13.6 Å². The highest BCUT2D eigenvalue weighted by atomic mass is 32.2. The number of rotatable bonds is 5. The van der Waals surface area contributed by atoms with Gasteiger partial charge in [0.25, 0.3) is 5.22 Å². The summed E-state index contributed by atoms with van der Waals surface area (Å²) < 4.78 is 19.2. The van der Waals surface area contributed by atoms with Crippen molar-refractivity contribution in [2.24, 2.45) is 0 Å². The molecule has 0 atom stereocenters. The van der Waals surface area contributed by atoms with E-state index >= 15 is 0 Å². The van der Waals surface area contributed by atoms with Crippen LogP contribution in [0.4, 0.5) is 10.1 Å². The van der Waals surface area contributed by atoms with Crippen LogP contribution < -0.4 is 5.32 Å². The molecular formula is C17H14FN3O2S. The number of halogens is 1. The maximum atomic E-state index is 13.7. The number of aromatic nitrogens is 2. The van der Waals surface area contributed by atoms with Crippen LogP contribution in [0.3, 0.4) is 0 Å². The SMILES string of the molecule is Cc1ccc(NC(=O)CSc2nnc(-c3ccccc3)o2)c(F)c1. The highest BCUT2D eigenvalue weighted by molar-refractivity contribution is 7.99. The fourth-order valence-corrected chi connectivity index (χ4v) is 2.56. The van der Waals surface area contributed by atoms with E-state index in [1.54, 1.807) is 13.0 Å². The molecule has 0 unspecified atom stereocenters. The molecule has 5 nitrogen and oxygen atoms in total. The Morgan fingerprint density at radius 2 is 2.00 bits per heavy atom. The number of nitrogens with zero attached hydrogens (tertiary/aromatic N) is 2. The van der Waals surface area contributed by atoms with Gasteiger partial charge in [-0.1, -0.05) is 36.0 Å². The van der Waals surface area contributed by atoms with Gasteiger partial charge in [-0.25, -0.2) is 4.39 Å². The minimum Gasteiger partial charge on any atom is -0.411 e. The van der Waals surface area contributed by atoms with Gasteiger partial charge in [0.2, 0.25) is 11.8 Å². The number of anilines is 1. The summed E-state index contributed by atoms with van der Waals surface area (Å²) in [5, 5.41) is 10.6. The lowest BCUT2D eigenvalue weighted by Crippen LogP contribution is -2.15. The third-order valence-electron chi connectivity index (χ3n) is 3.15. The lowest BCUT2D eigenvalue weighted by atomic mass is 10.2. The molecule has 122 valence electrons. The van der Waals surface area contributed by atoms with E-state index in [-0.39, 0.29) is 22.6 Å². The summed E-state index contributed by atoms with van der Waals surface area (Å²) in [6.07, 6.45) is 0. The molecule has 0 aliphatic heterocycles. The van der Waals surface area contributed by atoms with E-state index in [4.69, 9.17) is 4.42 Å². The van der Waals surface area contributed by atoms with E-state index < -0.39 is 5.82 Å². The van der Waals surface area contributed by atoms with E-state index in [9.17, 15) is 9.18 Å². The van der Waals surface area contributed by atoms with Gasteiger partial charge in [-0.3, -0.25) is 4.79 Å². The van der Waals surface area contributed by atoms with Crippen molar-refractivity contribution in [3.05, 3.63) is 59.9 Å². The number of thioether (sulfide) groups is 1. The number of hydrogen-bond acceptors (Lipinski definition) is 5. The third kappa shape index (κ3) is 3.99. The van der Waals surface area contributed by atoms with Crippen LogP contribution in [0.1, 0.15) is 5.56 Å². The fraction of sp³-hybridized carbons (Fsp3) is 0.118. The zero-order chi connectivity index (χ0) is 16.9. The van der Waals surface area contributed by atoms with Gasteiger partial charge in [0.05, 0.1) is 11.4 Å². The van der Waals surface area contributed by atoms with Crippen LogP contribution in [-0.4, -0.2) is 21.9 Å². The topological polar surface area (TPSA) is 68.0 Å². The first-order valence-corrected chi connectivity index (χ1v) is 8.18. The van der Waals surface area contributed by atoms with Gasteiger partial charge in [-0.2, -0.15) is 0 Å². The Bertz CT molecular complexity index is 852. The highest BCUT2D eigenvalue weighted by Crippen LogP contribution is 2.23. The second kappa shape index (κ2) is 7.27. The number of carbonyl (C=O) groups excluding carboxylic acids is 1. The van der Waals surface area contributed by atoms with Crippen molar-refractivity contribution in [2.75, 3.05) is 11.1 Å². The first-order chi connectivity index (χ1) is 11.6. The minimum atomic E-state index is -0.461. The van der Waals surface area contributed by atoms with Crippen molar-refractivity contribution in [3.63, 3.8) is 0 Å². The molecule has 0 saturated carbocycles. The van der Waals surface area contributed by atoms with Crippen LogP contribution in [0, 0.1) is 12.7 Å². The molecule has 1 N–H and O–H groups in total. The molecule has 0 saturated heterocycles. The maximum Gasteiger partial charge on any atom is 0.277 e. The summed E-state index contributed by atoms with van der Waals surface area (Å²) in [4.78, 5) is 11.9. The molecule has 0 aliphatic carbocycles. The first-order valence-electron chi connectivity index (χ1n) is 7.19. The maximum absolute atomic E-state index is 13.7. The third-order valence-corrected chi connectivity index (χ3v) is 3.97. The number of hydrogen-bond donors (Lipinski definition) is 1. The molecular weight excluding hydrogens is 329 g/mol. The molecule has 1 aromatic heterocycles. The van der Waals surface area contributed by atoms with Gasteiger partial charge < -0.3 is 9.73 Å². The molecule has 0 aliphatic rings. The summed E-state index contributed by atoms with van der Waals surface area (Å²) in [5.74, 6) is -0.369. The molecule has 3 aromatic rings. The highest BCUT2D eigenvalue weighted by Gasteiger charge is 2.12.